The van der Waals surface area contributed by atoms with Crippen LogP contribution in [0.3, 0.4) is 0 Å². The number of thiazole rings is 1. The second-order valence-electron chi connectivity index (χ2n) is 6.30. The molecule has 0 fully saturated rings. The van der Waals surface area contributed by atoms with Gasteiger partial charge in [-0.3, -0.25) is 9.59 Å². The minimum absolute atomic E-state index is 0.0299. The molecule has 1 heterocycles. The number of ketones is 1. The van der Waals surface area contributed by atoms with E-state index in [4.69, 9.17) is 9.47 Å². The monoisotopic (exact) mass is 347 g/mol. The van der Waals surface area contributed by atoms with E-state index in [-0.39, 0.29) is 11.3 Å². The maximum absolute atomic E-state index is 12.1. The molecule has 0 aliphatic heterocycles. The van der Waals surface area contributed by atoms with Gasteiger partial charge in [-0.1, -0.05) is 26.8 Å². The number of hydrogen-bond donors (Lipinski definition) is 1. The lowest BCUT2D eigenvalue weighted by molar-refractivity contribution is -0.119. The van der Waals surface area contributed by atoms with E-state index in [0.29, 0.717) is 20.7 Å². The van der Waals surface area contributed by atoms with Crippen LogP contribution >= 0.6 is 11.3 Å². The fourth-order valence-corrected chi connectivity index (χ4v) is 2.84. The summed E-state index contributed by atoms with van der Waals surface area (Å²) in [5.41, 5.74) is 0.116. The maximum atomic E-state index is 12.1. The second-order valence-corrected chi connectivity index (χ2v) is 7.39. The van der Waals surface area contributed by atoms with Gasteiger partial charge in [0.05, 0.1) is 23.4 Å². The third-order valence-electron chi connectivity index (χ3n) is 3.39. The summed E-state index contributed by atoms with van der Waals surface area (Å²) >= 11 is 1.25. The summed E-state index contributed by atoms with van der Waals surface area (Å²) in [6.07, 6.45) is 3.24. The molecule has 0 unspecified atom stereocenters. The molecule has 0 saturated heterocycles. The Morgan fingerprint density at radius 1 is 1.17 bits per heavy atom. The lowest BCUT2D eigenvalue weighted by atomic mass is 9.91. The largest absolute Gasteiger partial charge is 0.493 e. The third-order valence-corrected chi connectivity index (χ3v) is 4.35. The summed E-state index contributed by atoms with van der Waals surface area (Å²) in [6.45, 7) is 5.52. The predicted molar refractivity (Wildman–Crippen MR) is 96.2 cm³/mol. The highest BCUT2D eigenvalue weighted by molar-refractivity contribution is 7.07. The normalized spacial score (nSPS) is 13.2. The van der Waals surface area contributed by atoms with Gasteiger partial charge in [0.15, 0.2) is 17.3 Å². The molecule has 2 aromatic rings. The zero-order chi connectivity index (χ0) is 17.9. The summed E-state index contributed by atoms with van der Waals surface area (Å²) in [5, 5.41) is 0. The van der Waals surface area contributed by atoms with Gasteiger partial charge in [-0.15, -0.1) is 11.3 Å². The highest BCUT2D eigenvalue weighted by atomic mass is 32.1. The first-order valence-electron chi connectivity index (χ1n) is 7.43. The van der Waals surface area contributed by atoms with Crippen molar-refractivity contribution in [1.29, 1.82) is 0 Å². The number of nitrogens with one attached hydrogen (secondary N) is 1. The van der Waals surface area contributed by atoms with Gasteiger partial charge >= 0.3 is 0 Å². The minimum Gasteiger partial charge on any atom is -0.493 e. The highest BCUT2D eigenvalue weighted by Crippen LogP contribution is 2.27. The van der Waals surface area contributed by atoms with Crippen molar-refractivity contribution in [3.63, 3.8) is 0 Å². The molecule has 0 radical (unpaired) electrons. The molecule has 1 aromatic carbocycles. The van der Waals surface area contributed by atoms with E-state index < -0.39 is 5.41 Å². The number of Topliss-reactive ketones (excluding diaryl/α,β-unsaturated/α-hetero) is 1. The average Bonchev–Trinajstić information content (AvgIpc) is 2.85. The van der Waals surface area contributed by atoms with Gasteiger partial charge in [-0.25, -0.2) is 0 Å². The van der Waals surface area contributed by atoms with Crippen LogP contribution in [-0.4, -0.2) is 25.0 Å². The molecule has 0 amide bonds. The number of aromatic nitrogens is 1. The van der Waals surface area contributed by atoms with E-state index in [2.05, 4.69) is 4.98 Å². The fraction of sp³-hybridized carbons (Fsp3) is 0.333. The van der Waals surface area contributed by atoms with Crippen LogP contribution in [0.5, 0.6) is 11.5 Å². The van der Waals surface area contributed by atoms with Crippen LogP contribution in [0.1, 0.15) is 26.3 Å². The van der Waals surface area contributed by atoms with Crippen molar-refractivity contribution in [1.82, 2.24) is 4.98 Å². The number of hydrogen-bond acceptors (Lipinski definition) is 5. The van der Waals surface area contributed by atoms with Crippen LogP contribution in [0.25, 0.3) is 12.2 Å². The molecule has 0 aliphatic carbocycles. The lowest BCUT2D eigenvalue weighted by Crippen LogP contribution is -2.22. The van der Waals surface area contributed by atoms with Gasteiger partial charge < -0.3 is 14.5 Å². The van der Waals surface area contributed by atoms with E-state index >= 15 is 0 Å². The summed E-state index contributed by atoms with van der Waals surface area (Å²) in [7, 11) is 3.13. The molecule has 1 N–H and O–H groups in total. The van der Waals surface area contributed by atoms with Gasteiger partial charge in [0.1, 0.15) is 0 Å². The zero-order valence-corrected chi connectivity index (χ0v) is 15.2. The molecular weight excluding hydrogens is 326 g/mol. The van der Waals surface area contributed by atoms with E-state index in [0.717, 1.165) is 5.56 Å². The summed E-state index contributed by atoms with van der Waals surface area (Å²) in [5.74, 6) is 1.19. The van der Waals surface area contributed by atoms with Crippen molar-refractivity contribution in [2.75, 3.05) is 14.2 Å². The molecule has 128 valence electrons. The van der Waals surface area contributed by atoms with Crippen molar-refractivity contribution in [2.45, 2.75) is 20.8 Å². The van der Waals surface area contributed by atoms with Gasteiger partial charge in [-0.2, -0.15) is 0 Å². The Balaban J connectivity index is 2.47. The summed E-state index contributed by atoms with van der Waals surface area (Å²) < 4.78 is 11.5. The first kappa shape index (κ1) is 18.0. The van der Waals surface area contributed by atoms with Crippen LogP contribution in [0.15, 0.2) is 23.0 Å². The average molecular weight is 347 g/mol. The van der Waals surface area contributed by atoms with Crippen molar-refractivity contribution in [3.8, 4) is 11.5 Å². The predicted octanol–water partition coefficient (Wildman–Crippen LogP) is 1.68. The molecule has 5 nitrogen and oxygen atoms in total. The Hall–Kier alpha value is -2.34. The molecule has 2 rings (SSSR count). The maximum Gasteiger partial charge on any atom is 0.266 e. The summed E-state index contributed by atoms with van der Waals surface area (Å²) in [4.78, 5) is 26.9. The van der Waals surface area contributed by atoms with Gasteiger partial charge in [0, 0.05) is 11.5 Å². The van der Waals surface area contributed by atoms with E-state index in [1.165, 1.54) is 17.4 Å². The van der Waals surface area contributed by atoms with Crippen LogP contribution in [0, 0.1) is 5.41 Å². The highest BCUT2D eigenvalue weighted by Gasteiger charge is 2.18. The number of carbonyl (C=O) groups excluding carboxylic acids is 1. The standard InChI is InChI=1S/C18H21NO4S/c1-18(2,3)15(20)10-16-19-17(21)14(24-16)9-11-6-7-12(22-4)13(8-11)23-5/h6-10H,1-5H3,(H,19,21)/b14-9+,16-10+. The lowest BCUT2D eigenvalue weighted by Gasteiger charge is -2.12. The number of rotatable bonds is 4. The number of H-pyrrole nitrogens is 1. The fourth-order valence-electron chi connectivity index (χ4n) is 1.95. The Kier molecular flexibility index (Phi) is 5.29. The first-order chi connectivity index (χ1) is 11.2. The third kappa shape index (κ3) is 4.14. The van der Waals surface area contributed by atoms with Gasteiger partial charge in [0.2, 0.25) is 0 Å². The van der Waals surface area contributed by atoms with E-state index in [1.807, 2.05) is 26.8 Å². The SMILES string of the molecule is COc1ccc(/C=c2/s/c(=C/C(=O)C(C)(C)C)[nH]c2=O)cc1OC. The summed E-state index contributed by atoms with van der Waals surface area (Å²) in [6, 6.07) is 5.41. The van der Waals surface area contributed by atoms with E-state index in [9.17, 15) is 9.59 Å². The molecule has 0 spiro atoms. The molecule has 0 saturated carbocycles. The first-order valence-corrected chi connectivity index (χ1v) is 8.25. The number of benzene rings is 1. The van der Waals surface area contributed by atoms with Crippen molar-refractivity contribution in [3.05, 3.63) is 43.3 Å². The van der Waals surface area contributed by atoms with Crippen LogP contribution in [0.2, 0.25) is 0 Å². The molecule has 0 bridgehead atoms. The Morgan fingerprint density at radius 2 is 1.83 bits per heavy atom. The van der Waals surface area contributed by atoms with Crippen LogP contribution in [-0.2, 0) is 4.79 Å². The molecule has 24 heavy (non-hydrogen) atoms. The van der Waals surface area contributed by atoms with Crippen molar-refractivity contribution in [2.24, 2.45) is 5.41 Å². The molecule has 0 aliphatic rings. The molecule has 0 atom stereocenters. The quantitative estimate of drug-likeness (QED) is 0.914. The van der Waals surface area contributed by atoms with Crippen molar-refractivity contribution >= 4 is 29.3 Å². The van der Waals surface area contributed by atoms with Crippen LogP contribution in [0.4, 0.5) is 0 Å². The minimum atomic E-state index is -0.478. The topological polar surface area (TPSA) is 68.4 Å². The number of methoxy groups -OCH3 is 2. The molecule has 1 aromatic heterocycles. The van der Waals surface area contributed by atoms with Crippen LogP contribution < -0.4 is 24.2 Å². The Bertz CT molecular complexity index is 916. The van der Waals surface area contributed by atoms with Crippen molar-refractivity contribution < 1.29 is 14.3 Å². The van der Waals surface area contributed by atoms with Gasteiger partial charge in [-0.05, 0) is 23.8 Å². The number of carbonyl (C=O) groups is 1. The van der Waals surface area contributed by atoms with E-state index in [1.54, 1.807) is 32.4 Å². The second kappa shape index (κ2) is 7.05. The Labute approximate surface area is 144 Å². The van der Waals surface area contributed by atoms with Gasteiger partial charge in [0.25, 0.3) is 5.56 Å². The number of ether oxygens (including phenoxy) is 2. The Morgan fingerprint density at radius 3 is 2.42 bits per heavy atom. The zero-order valence-electron chi connectivity index (χ0n) is 14.4. The molecule has 6 heteroatoms. The molecular formula is C18H21NO4S. The number of aromatic amines is 1. The smallest absolute Gasteiger partial charge is 0.266 e.